The van der Waals surface area contributed by atoms with Crippen LogP contribution in [0.1, 0.15) is 187 Å². The van der Waals surface area contributed by atoms with Gasteiger partial charge in [-0.15, -0.1) is 0 Å². The van der Waals surface area contributed by atoms with Gasteiger partial charge < -0.3 is 17.7 Å². The molecule has 0 aliphatic heterocycles. The highest BCUT2D eigenvalue weighted by atomic mass is 35.5. The summed E-state index contributed by atoms with van der Waals surface area (Å²) >= 11 is 0. The Morgan fingerprint density at radius 2 is 0.455 bits per heavy atom. The molecule has 0 aromatic carbocycles. The summed E-state index contributed by atoms with van der Waals surface area (Å²) < 4.78 is 0. The third-order valence-corrected chi connectivity index (χ3v) is 7.27. The highest BCUT2D eigenvalue weighted by molar-refractivity contribution is 4.50. The molecule has 0 saturated carbocycles. The van der Waals surface area contributed by atoms with Crippen molar-refractivity contribution in [2.45, 2.75) is 187 Å². The van der Waals surface area contributed by atoms with E-state index < -0.39 is 0 Å². The van der Waals surface area contributed by atoms with Crippen molar-refractivity contribution in [1.82, 2.24) is 0 Å². The van der Waals surface area contributed by atoms with Crippen LogP contribution in [0.4, 0.5) is 0 Å². The van der Waals surface area contributed by atoms with E-state index >= 15 is 0 Å². The van der Waals surface area contributed by atoms with E-state index in [0.717, 1.165) is 0 Å². The fourth-order valence-corrected chi connectivity index (χ4v) is 4.93. The molecule has 33 heavy (non-hydrogen) atoms. The van der Waals surface area contributed by atoms with Gasteiger partial charge in [0.05, 0.1) is 13.1 Å². The van der Waals surface area contributed by atoms with E-state index in [9.17, 15) is 0 Å². The van der Waals surface area contributed by atoms with Crippen LogP contribution >= 0.6 is 0 Å². The van der Waals surface area contributed by atoms with Gasteiger partial charge in [0.2, 0.25) is 0 Å². The standard InChI is InChI=1S/C31H65N.ClH/c1-3-5-7-9-11-13-15-16-17-18-19-21-23-25-27-29-31-32-30-28-26-24-22-20-14-12-10-8-6-4-2;/h32H,3-31H2,1-2H3;1H. The minimum Gasteiger partial charge on any atom is -1.00 e. The average molecular weight is 488 g/mol. The highest BCUT2D eigenvalue weighted by Gasteiger charge is 1.97. The Morgan fingerprint density at radius 3 is 0.667 bits per heavy atom. The molecule has 0 aliphatic carbocycles. The summed E-state index contributed by atoms with van der Waals surface area (Å²) in [6.07, 6.45) is 39.6. The zero-order valence-corrected chi connectivity index (χ0v) is 24.2. The monoisotopic (exact) mass is 487 g/mol. The first-order valence-corrected chi connectivity index (χ1v) is 15.7. The van der Waals surface area contributed by atoms with Gasteiger partial charge in [0.25, 0.3) is 0 Å². The highest BCUT2D eigenvalue weighted by Crippen LogP contribution is 2.14. The zero-order valence-electron chi connectivity index (χ0n) is 23.5. The Bertz CT molecular complexity index is 277. The maximum Gasteiger partial charge on any atom is 0.0755 e. The molecule has 0 bridgehead atoms. The first-order chi connectivity index (χ1) is 15.9. The zero-order chi connectivity index (χ0) is 23.2. The number of hydrogen-bond donors (Lipinski definition) is 1. The van der Waals surface area contributed by atoms with Crippen molar-refractivity contribution in [3.63, 3.8) is 0 Å². The lowest BCUT2D eigenvalue weighted by molar-refractivity contribution is -0.655. The second-order valence-electron chi connectivity index (χ2n) is 10.7. The van der Waals surface area contributed by atoms with E-state index in [2.05, 4.69) is 19.2 Å². The summed E-state index contributed by atoms with van der Waals surface area (Å²) in [5.74, 6) is 0. The summed E-state index contributed by atoms with van der Waals surface area (Å²) in [6.45, 7) is 7.35. The second-order valence-corrected chi connectivity index (χ2v) is 10.7. The smallest absolute Gasteiger partial charge is 0.0755 e. The van der Waals surface area contributed by atoms with Crippen LogP contribution in [-0.2, 0) is 0 Å². The molecule has 0 saturated heterocycles. The molecular weight excluding hydrogens is 422 g/mol. The Labute approximate surface area is 217 Å². The van der Waals surface area contributed by atoms with Crippen molar-refractivity contribution in [3.05, 3.63) is 0 Å². The Hall–Kier alpha value is 0.250. The van der Waals surface area contributed by atoms with Gasteiger partial charge in [0.1, 0.15) is 0 Å². The van der Waals surface area contributed by atoms with E-state index in [1.807, 2.05) is 0 Å². The molecule has 202 valence electrons. The average Bonchev–Trinajstić information content (AvgIpc) is 2.81. The Morgan fingerprint density at radius 1 is 0.273 bits per heavy atom. The summed E-state index contributed by atoms with van der Waals surface area (Å²) in [5, 5.41) is 2.58. The minimum absolute atomic E-state index is 0. The van der Waals surface area contributed by atoms with Crippen LogP contribution in [0.15, 0.2) is 0 Å². The van der Waals surface area contributed by atoms with E-state index in [-0.39, 0.29) is 12.4 Å². The fraction of sp³-hybridized carbons (Fsp3) is 1.00. The Balaban J connectivity index is 0. The lowest BCUT2D eigenvalue weighted by atomic mass is 10.0. The third kappa shape index (κ3) is 34.5. The Kier molecular flexibility index (Phi) is 36.9. The molecule has 2 heteroatoms. The van der Waals surface area contributed by atoms with Crippen molar-refractivity contribution < 1.29 is 17.7 Å². The molecule has 0 atom stereocenters. The maximum absolute atomic E-state index is 2.58. The molecule has 0 aromatic heterocycles. The van der Waals surface area contributed by atoms with Crippen molar-refractivity contribution >= 4 is 0 Å². The van der Waals surface area contributed by atoms with E-state index in [0.29, 0.717) is 0 Å². The lowest BCUT2D eigenvalue weighted by Crippen LogP contribution is -3.00. The van der Waals surface area contributed by atoms with Gasteiger partial charge in [0.15, 0.2) is 0 Å². The minimum atomic E-state index is 0. The van der Waals surface area contributed by atoms with E-state index in [1.54, 1.807) is 0 Å². The first kappa shape index (κ1) is 35.4. The third-order valence-electron chi connectivity index (χ3n) is 7.27. The molecule has 0 radical (unpaired) electrons. The fourth-order valence-electron chi connectivity index (χ4n) is 4.93. The second kappa shape index (κ2) is 34.4. The van der Waals surface area contributed by atoms with Gasteiger partial charge in [-0.25, -0.2) is 0 Å². The molecule has 0 rings (SSSR count). The molecule has 0 unspecified atom stereocenters. The van der Waals surface area contributed by atoms with Gasteiger partial charge in [-0.3, -0.25) is 0 Å². The van der Waals surface area contributed by atoms with Gasteiger partial charge in [0, 0.05) is 0 Å². The van der Waals surface area contributed by atoms with E-state index in [4.69, 9.17) is 0 Å². The van der Waals surface area contributed by atoms with Crippen LogP contribution in [0.5, 0.6) is 0 Å². The predicted molar refractivity (Wildman–Crippen MR) is 148 cm³/mol. The molecule has 2 N–H and O–H groups in total. The molecule has 0 amide bonds. The number of rotatable bonds is 29. The van der Waals surface area contributed by atoms with Crippen LogP contribution in [0.3, 0.4) is 0 Å². The topological polar surface area (TPSA) is 16.6 Å². The molecule has 0 aliphatic rings. The summed E-state index contributed by atoms with van der Waals surface area (Å²) in [7, 11) is 0. The quantitative estimate of drug-likeness (QED) is 0.108. The molecule has 0 fully saturated rings. The lowest BCUT2D eigenvalue weighted by Gasteiger charge is -2.04. The SMILES string of the molecule is CCCCCCCCCCCCCCCCCC[NH2+]CCCCCCCCCCCCC.[Cl-]. The number of hydrogen-bond acceptors (Lipinski definition) is 0. The molecule has 0 aromatic rings. The van der Waals surface area contributed by atoms with Crippen molar-refractivity contribution in [2.75, 3.05) is 13.1 Å². The molecular formula is C31H66ClN. The van der Waals surface area contributed by atoms with Crippen LogP contribution in [0, 0.1) is 0 Å². The number of quaternary nitrogens is 1. The summed E-state index contributed by atoms with van der Waals surface area (Å²) in [5.41, 5.74) is 0. The summed E-state index contributed by atoms with van der Waals surface area (Å²) in [4.78, 5) is 0. The van der Waals surface area contributed by atoms with Crippen molar-refractivity contribution in [1.29, 1.82) is 0 Å². The molecule has 0 heterocycles. The predicted octanol–water partition coefficient (Wildman–Crippen LogP) is 7.13. The van der Waals surface area contributed by atoms with Gasteiger partial charge in [-0.1, -0.05) is 162 Å². The normalized spacial score (nSPS) is 11.1. The van der Waals surface area contributed by atoms with Crippen molar-refractivity contribution in [2.24, 2.45) is 0 Å². The first-order valence-electron chi connectivity index (χ1n) is 15.7. The van der Waals surface area contributed by atoms with Crippen LogP contribution in [-0.4, -0.2) is 13.1 Å². The molecule has 0 spiro atoms. The largest absolute Gasteiger partial charge is 1.00 e. The van der Waals surface area contributed by atoms with E-state index in [1.165, 1.54) is 186 Å². The van der Waals surface area contributed by atoms with Crippen LogP contribution in [0.25, 0.3) is 0 Å². The van der Waals surface area contributed by atoms with Crippen LogP contribution in [0.2, 0.25) is 0 Å². The number of unbranched alkanes of at least 4 members (excludes halogenated alkanes) is 25. The van der Waals surface area contributed by atoms with Crippen molar-refractivity contribution in [3.8, 4) is 0 Å². The molecule has 1 nitrogen and oxygen atoms in total. The summed E-state index contributed by atoms with van der Waals surface area (Å²) in [6, 6.07) is 0. The van der Waals surface area contributed by atoms with Gasteiger partial charge in [-0.2, -0.15) is 0 Å². The van der Waals surface area contributed by atoms with Crippen LogP contribution < -0.4 is 17.7 Å². The maximum atomic E-state index is 2.58. The van der Waals surface area contributed by atoms with Gasteiger partial charge in [-0.05, 0) is 25.7 Å². The van der Waals surface area contributed by atoms with Gasteiger partial charge >= 0.3 is 0 Å². The number of halogens is 1. The number of nitrogens with two attached hydrogens (primary N) is 1.